The fraction of sp³-hybridized carbons (Fsp3) is 0.130. The molecule has 144 valence electrons. The van der Waals surface area contributed by atoms with Gasteiger partial charge in [-0.1, -0.05) is 72.8 Å². The lowest BCUT2D eigenvalue weighted by Crippen LogP contribution is -2.41. The zero-order chi connectivity index (χ0) is 19.0. The standard InChI is InChI=1S/C23H21NO3.ClH/c1-2-17-27-23(19-11-5-3-6-12-19,20-13-7-4-8-14-20)22(25)26-18-21-15-9-10-16-24-21;/h2-16H,1,17-18H2;1H. The first-order valence-electron chi connectivity index (χ1n) is 8.70. The van der Waals surface area contributed by atoms with Crippen molar-refractivity contribution in [1.29, 1.82) is 0 Å². The summed E-state index contributed by atoms with van der Waals surface area (Å²) in [5.41, 5.74) is 0.684. The Morgan fingerprint density at radius 3 is 2.00 bits per heavy atom. The van der Waals surface area contributed by atoms with Crippen molar-refractivity contribution in [2.45, 2.75) is 12.2 Å². The molecular weight excluding hydrogens is 374 g/mol. The van der Waals surface area contributed by atoms with Gasteiger partial charge in [-0.05, 0) is 23.3 Å². The van der Waals surface area contributed by atoms with E-state index in [9.17, 15) is 4.79 Å². The number of nitrogens with zero attached hydrogens (tertiary/aromatic N) is 1. The van der Waals surface area contributed by atoms with Gasteiger partial charge in [0, 0.05) is 6.20 Å². The van der Waals surface area contributed by atoms with E-state index in [0.29, 0.717) is 16.8 Å². The maximum atomic E-state index is 13.3. The SMILES string of the molecule is C=CCOC(C(=O)OCc1ccccn1)(c1ccccc1)c1ccccc1.Cl. The van der Waals surface area contributed by atoms with Crippen LogP contribution in [0.15, 0.2) is 97.7 Å². The van der Waals surface area contributed by atoms with Crippen LogP contribution in [-0.2, 0) is 26.5 Å². The van der Waals surface area contributed by atoms with Crippen LogP contribution in [0.4, 0.5) is 0 Å². The van der Waals surface area contributed by atoms with Crippen LogP contribution < -0.4 is 0 Å². The minimum absolute atomic E-state index is 0. The third-order valence-electron chi connectivity index (χ3n) is 4.14. The topological polar surface area (TPSA) is 48.4 Å². The molecule has 0 unspecified atom stereocenters. The summed E-state index contributed by atoms with van der Waals surface area (Å²) in [5, 5.41) is 0. The van der Waals surface area contributed by atoms with Gasteiger partial charge in [0.05, 0.1) is 12.3 Å². The minimum atomic E-state index is -1.38. The summed E-state index contributed by atoms with van der Waals surface area (Å²) < 4.78 is 11.7. The van der Waals surface area contributed by atoms with Gasteiger partial charge in [0.2, 0.25) is 5.60 Å². The largest absolute Gasteiger partial charge is 0.457 e. The molecule has 0 saturated carbocycles. The van der Waals surface area contributed by atoms with Crippen molar-refractivity contribution in [1.82, 2.24) is 4.98 Å². The van der Waals surface area contributed by atoms with E-state index in [2.05, 4.69) is 11.6 Å². The summed E-state index contributed by atoms with van der Waals surface area (Å²) in [6.45, 7) is 3.98. The maximum Gasteiger partial charge on any atom is 0.348 e. The third kappa shape index (κ3) is 4.66. The highest BCUT2D eigenvalue weighted by Crippen LogP contribution is 2.35. The predicted molar refractivity (Wildman–Crippen MR) is 111 cm³/mol. The highest BCUT2D eigenvalue weighted by Gasteiger charge is 2.45. The summed E-state index contributed by atoms with van der Waals surface area (Å²) in [6, 6.07) is 24.2. The average molecular weight is 396 g/mol. The van der Waals surface area contributed by atoms with E-state index >= 15 is 0 Å². The van der Waals surface area contributed by atoms with Gasteiger partial charge in [-0.2, -0.15) is 0 Å². The van der Waals surface area contributed by atoms with E-state index in [1.54, 1.807) is 12.3 Å². The number of carbonyl (C=O) groups is 1. The van der Waals surface area contributed by atoms with Gasteiger partial charge in [-0.25, -0.2) is 4.79 Å². The second-order valence-corrected chi connectivity index (χ2v) is 5.91. The van der Waals surface area contributed by atoms with Crippen molar-refractivity contribution >= 4 is 18.4 Å². The molecule has 4 nitrogen and oxygen atoms in total. The van der Waals surface area contributed by atoms with Crippen LogP contribution in [-0.4, -0.2) is 17.6 Å². The molecule has 28 heavy (non-hydrogen) atoms. The quantitative estimate of drug-likeness (QED) is 0.410. The Morgan fingerprint density at radius 1 is 0.929 bits per heavy atom. The second-order valence-electron chi connectivity index (χ2n) is 5.91. The number of esters is 1. The van der Waals surface area contributed by atoms with Crippen LogP contribution in [0.3, 0.4) is 0 Å². The molecule has 3 rings (SSSR count). The Bertz CT molecular complexity index is 831. The fourth-order valence-electron chi connectivity index (χ4n) is 2.88. The molecule has 2 aromatic carbocycles. The van der Waals surface area contributed by atoms with E-state index in [-0.39, 0.29) is 25.6 Å². The fourth-order valence-corrected chi connectivity index (χ4v) is 2.88. The molecular formula is C23H22ClNO3. The van der Waals surface area contributed by atoms with E-state index in [0.717, 1.165) is 0 Å². The first-order valence-corrected chi connectivity index (χ1v) is 8.70. The molecule has 0 aliphatic heterocycles. The average Bonchev–Trinajstić information content (AvgIpc) is 2.75. The van der Waals surface area contributed by atoms with Crippen LogP contribution in [0.5, 0.6) is 0 Å². The molecule has 0 aliphatic rings. The summed E-state index contributed by atoms with van der Waals surface area (Å²) in [5.74, 6) is -0.493. The molecule has 5 heteroatoms. The zero-order valence-corrected chi connectivity index (χ0v) is 16.2. The zero-order valence-electron chi connectivity index (χ0n) is 15.4. The van der Waals surface area contributed by atoms with Gasteiger partial charge in [0.15, 0.2) is 0 Å². The molecule has 0 bridgehead atoms. The molecule has 0 saturated heterocycles. The predicted octanol–water partition coefficient (Wildman–Crippen LogP) is 4.69. The Balaban J connectivity index is 0.00000280. The molecule has 0 radical (unpaired) electrons. The number of hydrogen-bond acceptors (Lipinski definition) is 4. The van der Waals surface area contributed by atoms with Crippen molar-refractivity contribution in [3.63, 3.8) is 0 Å². The van der Waals surface area contributed by atoms with Gasteiger partial charge >= 0.3 is 5.97 Å². The van der Waals surface area contributed by atoms with E-state index < -0.39 is 11.6 Å². The molecule has 0 fully saturated rings. The lowest BCUT2D eigenvalue weighted by molar-refractivity contribution is -0.169. The number of halogens is 1. The monoisotopic (exact) mass is 395 g/mol. The number of carbonyl (C=O) groups excluding carboxylic acids is 1. The smallest absolute Gasteiger partial charge is 0.348 e. The van der Waals surface area contributed by atoms with Gasteiger partial charge in [-0.3, -0.25) is 4.98 Å². The number of rotatable bonds is 8. The second kappa shape index (κ2) is 10.4. The first kappa shape index (κ1) is 21.4. The normalized spacial score (nSPS) is 10.6. The highest BCUT2D eigenvalue weighted by molar-refractivity contribution is 5.86. The van der Waals surface area contributed by atoms with E-state index in [1.807, 2.05) is 78.9 Å². The number of pyridine rings is 1. The molecule has 0 aliphatic carbocycles. The van der Waals surface area contributed by atoms with E-state index in [4.69, 9.17) is 9.47 Å². The summed E-state index contributed by atoms with van der Waals surface area (Å²) in [7, 11) is 0. The molecule has 0 atom stereocenters. The van der Waals surface area contributed by atoms with Crippen LogP contribution in [0.25, 0.3) is 0 Å². The van der Waals surface area contributed by atoms with Gasteiger partial charge in [-0.15, -0.1) is 19.0 Å². The van der Waals surface area contributed by atoms with Crippen LogP contribution in [0.2, 0.25) is 0 Å². The lowest BCUT2D eigenvalue weighted by atomic mass is 9.86. The minimum Gasteiger partial charge on any atom is -0.457 e. The Labute approximate surface area is 171 Å². The molecule has 1 aromatic heterocycles. The van der Waals surface area contributed by atoms with Crippen molar-refractivity contribution in [3.05, 3.63) is 115 Å². The van der Waals surface area contributed by atoms with Crippen molar-refractivity contribution in [3.8, 4) is 0 Å². The Kier molecular flexibility index (Phi) is 7.93. The first-order chi connectivity index (χ1) is 13.3. The van der Waals surface area contributed by atoms with Gasteiger partial charge in [0.1, 0.15) is 6.61 Å². The number of aromatic nitrogens is 1. The van der Waals surface area contributed by atoms with Crippen LogP contribution in [0.1, 0.15) is 16.8 Å². The molecule has 0 N–H and O–H groups in total. The number of hydrogen-bond donors (Lipinski definition) is 0. The summed E-state index contributed by atoms with van der Waals surface area (Å²) in [6.07, 6.45) is 3.28. The van der Waals surface area contributed by atoms with Crippen LogP contribution >= 0.6 is 12.4 Å². The van der Waals surface area contributed by atoms with Gasteiger partial charge in [0.25, 0.3) is 0 Å². The Morgan fingerprint density at radius 2 is 1.50 bits per heavy atom. The summed E-state index contributed by atoms with van der Waals surface area (Å²) in [4.78, 5) is 17.5. The third-order valence-corrected chi connectivity index (χ3v) is 4.14. The number of benzene rings is 2. The lowest BCUT2D eigenvalue weighted by Gasteiger charge is -2.32. The van der Waals surface area contributed by atoms with Crippen molar-refractivity contribution in [2.75, 3.05) is 6.61 Å². The van der Waals surface area contributed by atoms with Crippen molar-refractivity contribution in [2.24, 2.45) is 0 Å². The summed E-state index contributed by atoms with van der Waals surface area (Å²) >= 11 is 0. The molecule has 3 aromatic rings. The van der Waals surface area contributed by atoms with Crippen molar-refractivity contribution < 1.29 is 14.3 Å². The maximum absolute atomic E-state index is 13.3. The van der Waals surface area contributed by atoms with Gasteiger partial charge < -0.3 is 9.47 Å². The van der Waals surface area contributed by atoms with Crippen LogP contribution in [0, 0.1) is 0 Å². The molecule has 0 amide bonds. The van der Waals surface area contributed by atoms with E-state index in [1.165, 1.54) is 0 Å². The Hall–Kier alpha value is -2.95. The molecule has 0 spiro atoms. The highest BCUT2D eigenvalue weighted by atomic mass is 35.5. The number of ether oxygens (including phenoxy) is 2. The molecule has 1 heterocycles.